The molecular formula is C28H32N2O5S. The van der Waals surface area contributed by atoms with Gasteiger partial charge in [0, 0.05) is 11.3 Å². The topological polar surface area (TPSA) is 95.9 Å². The molecule has 2 aromatic rings. The summed E-state index contributed by atoms with van der Waals surface area (Å²) < 4.78 is 4.20. The first-order valence-electron chi connectivity index (χ1n) is 12.5. The molecule has 2 amide bonds. The zero-order valence-corrected chi connectivity index (χ0v) is 21.4. The summed E-state index contributed by atoms with van der Waals surface area (Å²) in [4.78, 5) is 42.9. The second-order valence-electron chi connectivity index (χ2n) is 10.0. The number of carbonyl (C=O) groups excluding carboxylic acids is 3. The lowest BCUT2D eigenvalue weighted by Crippen LogP contribution is -2.54. The number of aliphatic hydroxyl groups is 1. The van der Waals surface area contributed by atoms with Gasteiger partial charge in [-0.05, 0) is 37.8 Å². The van der Waals surface area contributed by atoms with E-state index < -0.39 is 33.4 Å². The number of rotatable bonds is 8. The van der Waals surface area contributed by atoms with Crippen LogP contribution in [0.2, 0.25) is 0 Å². The van der Waals surface area contributed by atoms with Crippen LogP contribution in [0.3, 0.4) is 0 Å². The van der Waals surface area contributed by atoms with Crippen molar-refractivity contribution < 1.29 is 24.2 Å². The zero-order valence-electron chi connectivity index (χ0n) is 20.6. The molecule has 190 valence electrons. The van der Waals surface area contributed by atoms with Gasteiger partial charge in [-0.1, -0.05) is 60.7 Å². The van der Waals surface area contributed by atoms with Crippen LogP contribution in [0, 0.1) is 11.8 Å². The third-order valence-electron chi connectivity index (χ3n) is 8.01. The maximum absolute atomic E-state index is 14.2. The Hall–Kier alpha value is -2.84. The molecule has 2 bridgehead atoms. The minimum atomic E-state index is -0.817. The Balaban J connectivity index is 1.56. The number of hydrogen-bond acceptors (Lipinski definition) is 6. The Labute approximate surface area is 215 Å². The largest absolute Gasteiger partial charge is 0.466 e. The fraction of sp³-hybridized carbons (Fsp3) is 0.464. The molecule has 2 unspecified atom stereocenters. The Bertz CT molecular complexity index is 1150. The van der Waals surface area contributed by atoms with Gasteiger partial charge < -0.3 is 20.1 Å². The van der Waals surface area contributed by atoms with Gasteiger partial charge in [0.1, 0.15) is 6.04 Å². The van der Waals surface area contributed by atoms with Crippen LogP contribution >= 0.6 is 11.8 Å². The van der Waals surface area contributed by atoms with E-state index in [0.717, 1.165) is 17.5 Å². The Morgan fingerprint density at radius 1 is 1.14 bits per heavy atom. The van der Waals surface area contributed by atoms with E-state index in [1.807, 2.05) is 67.6 Å². The number of fused-ring (bicyclic) bond motifs is 1. The normalized spacial score (nSPS) is 31.2. The Morgan fingerprint density at radius 3 is 2.44 bits per heavy atom. The first-order chi connectivity index (χ1) is 17.4. The molecule has 36 heavy (non-hydrogen) atoms. The zero-order chi connectivity index (χ0) is 25.5. The third kappa shape index (κ3) is 3.82. The van der Waals surface area contributed by atoms with Gasteiger partial charge >= 0.3 is 5.97 Å². The van der Waals surface area contributed by atoms with Crippen molar-refractivity contribution in [1.82, 2.24) is 10.2 Å². The molecule has 1 spiro atoms. The lowest BCUT2D eigenvalue weighted by Gasteiger charge is -2.37. The molecule has 2 N–H and O–H groups in total. The molecule has 5 rings (SSSR count). The number of nitrogens with zero attached hydrogens (tertiary/aromatic N) is 1. The number of thioether (sulfide) groups is 1. The minimum Gasteiger partial charge on any atom is -0.466 e. The summed E-state index contributed by atoms with van der Waals surface area (Å²) in [6.45, 7) is 4.02. The molecule has 7 nitrogen and oxygen atoms in total. The number of carbonyl (C=O) groups is 3. The maximum Gasteiger partial charge on any atom is 0.311 e. The molecule has 3 aliphatic rings. The monoisotopic (exact) mass is 508 g/mol. The first kappa shape index (κ1) is 24.8. The highest BCUT2D eigenvalue weighted by Crippen LogP contribution is 2.72. The first-order valence-corrected chi connectivity index (χ1v) is 13.3. The van der Waals surface area contributed by atoms with E-state index in [4.69, 9.17) is 4.74 Å². The van der Waals surface area contributed by atoms with Gasteiger partial charge in [0.15, 0.2) is 0 Å². The maximum atomic E-state index is 14.2. The summed E-state index contributed by atoms with van der Waals surface area (Å²) in [6.07, 6.45) is 1.36. The number of amides is 2. The fourth-order valence-corrected chi connectivity index (χ4v) is 8.83. The van der Waals surface area contributed by atoms with Gasteiger partial charge in [0.25, 0.3) is 0 Å². The van der Waals surface area contributed by atoms with Gasteiger partial charge in [0.2, 0.25) is 11.8 Å². The predicted octanol–water partition coefficient (Wildman–Crippen LogP) is 3.08. The Morgan fingerprint density at radius 2 is 1.81 bits per heavy atom. The number of nitrogens with one attached hydrogen (secondary N) is 1. The molecule has 0 aliphatic carbocycles. The quantitative estimate of drug-likeness (QED) is 0.532. The van der Waals surface area contributed by atoms with Crippen molar-refractivity contribution in [3.63, 3.8) is 0 Å². The molecule has 0 saturated carbocycles. The highest BCUT2D eigenvalue weighted by atomic mass is 32.2. The van der Waals surface area contributed by atoms with Crippen LogP contribution < -0.4 is 5.32 Å². The summed E-state index contributed by atoms with van der Waals surface area (Å²) in [5.74, 6) is -2.20. The average Bonchev–Trinajstić information content (AvgIpc) is 3.46. The van der Waals surface area contributed by atoms with Crippen LogP contribution in [0.4, 0.5) is 0 Å². The molecule has 0 radical (unpaired) electrons. The van der Waals surface area contributed by atoms with Crippen molar-refractivity contribution in [3.05, 3.63) is 71.8 Å². The number of esters is 1. The van der Waals surface area contributed by atoms with Gasteiger partial charge in [-0.3, -0.25) is 14.4 Å². The number of likely N-dealkylation sites (tertiary alicyclic amines) is 1. The summed E-state index contributed by atoms with van der Waals surface area (Å²) in [5, 5.41) is 13.5. The smallest absolute Gasteiger partial charge is 0.311 e. The van der Waals surface area contributed by atoms with Crippen LogP contribution in [0.15, 0.2) is 60.7 Å². The molecular weight excluding hydrogens is 476 g/mol. The van der Waals surface area contributed by atoms with Crippen LogP contribution in [0.1, 0.15) is 43.9 Å². The van der Waals surface area contributed by atoms with Crippen LogP contribution in [-0.2, 0) is 25.7 Å². The van der Waals surface area contributed by atoms with Gasteiger partial charge in [-0.15, -0.1) is 11.8 Å². The summed E-state index contributed by atoms with van der Waals surface area (Å²) in [6, 6.07) is 17.4. The molecule has 2 aromatic carbocycles. The fourth-order valence-electron chi connectivity index (χ4n) is 6.50. The van der Waals surface area contributed by atoms with E-state index in [-0.39, 0.29) is 31.0 Å². The van der Waals surface area contributed by atoms with E-state index in [1.54, 1.807) is 23.6 Å². The van der Waals surface area contributed by atoms with Crippen molar-refractivity contribution in [2.75, 3.05) is 13.2 Å². The second-order valence-corrected chi connectivity index (χ2v) is 11.9. The van der Waals surface area contributed by atoms with Gasteiger partial charge in [0.05, 0.1) is 35.8 Å². The van der Waals surface area contributed by atoms with Crippen molar-refractivity contribution in [3.8, 4) is 0 Å². The lowest BCUT2D eigenvalue weighted by atomic mass is 9.66. The molecule has 3 saturated heterocycles. The van der Waals surface area contributed by atoms with Gasteiger partial charge in [-0.25, -0.2) is 0 Å². The Kier molecular flexibility index (Phi) is 6.59. The SMILES string of the molecule is CCOC(=O)[C@H]1[C@H]2C(=O)N([C@H](CO)c3ccccc3)C(C(=O)NCc3ccccc3)C23CC[C@]1(C)S3. The predicted molar refractivity (Wildman–Crippen MR) is 137 cm³/mol. The molecule has 3 fully saturated rings. The highest BCUT2D eigenvalue weighted by Gasteiger charge is 2.78. The van der Waals surface area contributed by atoms with Gasteiger partial charge in [-0.2, -0.15) is 0 Å². The molecule has 3 aliphatic heterocycles. The number of hydrogen-bond donors (Lipinski definition) is 2. The van der Waals surface area contributed by atoms with Crippen LogP contribution in [-0.4, -0.2) is 56.5 Å². The van der Waals surface area contributed by atoms with Crippen molar-refractivity contribution >= 4 is 29.5 Å². The molecule has 6 atom stereocenters. The summed E-state index contributed by atoms with van der Waals surface area (Å²) in [7, 11) is 0. The van der Waals surface area contributed by atoms with Crippen molar-refractivity contribution in [1.29, 1.82) is 0 Å². The van der Waals surface area contributed by atoms with E-state index in [9.17, 15) is 19.5 Å². The van der Waals surface area contributed by atoms with E-state index in [1.165, 1.54) is 0 Å². The number of ether oxygens (including phenoxy) is 1. The number of aliphatic hydroxyl groups excluding tert-OH is 1. The van der Waals surface area contributed by atoms with E-state index in [0.29, 0.717) is 13.0 Å². The van der Waals surface area contributed by atoms with E-state index >= 15 is 0 Å². The number of benzene rings is 2. The van der Waals surface area contributed by atoms with Crippen molar-refractivity contribution in [2.45, 2.75) is 54.8 Å². The summed E-state index contributed by atoms with van der Waals surface area (Å²) >= 11 is 1.60. The van der Waals surface area contributed by atoms with E-state index in [2.05, 4.69) is 5.32 Å². The van der Waals surface area contributed by atoms with Crippen LogP contribution in [0.5, 0.6) is 0 Å². The average molecular weight is 509 g/mol. The molecule has 8 heteroatoms. The van der Waals surface area contributed by atoms with Crippen molar-refractivity contribution in [2.24, 2.45) is 11.8 Å². The summed E-state index contributed by atoms with van der Waals surface area (Å²) in [5.41, 5.74) is 1.71. The second kappa shape index (κ2) is 9.56. The lowest BCUT2D eigenvalue weighted by molar-refractivity contribution is -0.155. The van der Waals surface area contributed by atoms with Crippen LogP contribution in [0.25, 0.3) is 0 Å². The third-order valence-corrected chi connectivity index (χ3v) is 9.99. The highest BCUT2D eigenvalue weighted by molar-refractivity contribution is 8.02. The standard InChI is InChI=1S/C28H32N2O5S/c1-3-35-26(34)22-21-25(33)30(20(17-31)19-12-8-5-9-13-19)23(28(21)15-14-27(22,2)36-28)24(32)29-16-18-10-6-4-7-11-18/h4-13,20-23,31H,3,14-17H2,1-2H3,(H,29,32)/t20-,21+,22-,23?,27+,28?/m1/s1. The molecule has 3 heterocycles. The minimum absolute atomic E-state index is 0.234. The molecule has 0 aromatic heterocycles.